The minimum Gasteiger partial charge on any atom is -0.456 e. The fraction of sp³-hybridized carbons (Fsp3) is 0. The van der Waals surface area contributed by atoms with Gasteiger partial charge in [0.2, 0.25) is 0 Å². The van der Waals surface area contributed by atoms with E-state index >= 15 is 0 Å². The van der Waals surface area contributed by atoms with Crippen LogP contribution in [-0.4, -0.2) is 15.0 Å². The molecule has 0 aliphatic rings. The molecule has 0 unspecified atom stereocenters. The van der Waals surface area contributed by atoms with Crippen LogP contribution in [0.25, 0.3) is 99.9 Å². The first-order valence-electron chi connectivity index (χ1n) is 17.1. The molecule has 0 N–H and O–H groups in total. The maximum absolute atomic E-state index is 6.26. The predicted octanol–water partition coefficient (Wildman–Crippen LogP) is 12.4. The quantitative estimate of drug-likeness (QED) is 0.174. The van der Waals surface area contributed by atoms with Crippen molar-refractivity contribution < 1.29 is 4.42 Å². The number of fused-ring (bicyclic) bond motifs is 6. The van der Waals surface area contributed by atoms with Gasteiger partial charge in [-0.25, -0.2) is 15.0 Å². The maximum Gasteiger partial charge on any atom is 0.164 e. The average Bonchev–Trinajstić information content (AvgIpc) is 3.60. The van der Waals surface area contributed by atoms with Gasteiger partial charge in [-0.15, -0.1) is 0 Å². The molecule has 0 atom stereocenters. The highest BCUT2D eigenvalue weighted by molar-refractivity contribution is 6.12. The minimum absolute atomic E-state index is 0.600. The van der Waals surface area contributed by atoms with E-state index in [1.165, 1.54) is 27.3 Å². The van der Waals surface area contributed by atoms with Crippen molar-refractivity contribution in [2.75, 3.05) is 0 Å². The molecule has 0 aliphatic carbocycles. The van der Waals surface area contributed by atoms with Crippen molar-refractivity contribution in [3.8, 4) is 56.4 Å². The van der Waals surface area contributed by atoms with Gasteiger partial charge in [0.1, 0.15) is 11.2 Å². The van der Waals surface area contributed by atoms with Gasteiger partial charge < -0.3 is 4.42 Å². The summed E-state index contributed by atoms with van der Waals surface area (Å²) >= 11 is 0. The maximum atomic E-state index is 6.26. The van der Waals surface area contributed by atoms with Crippen molar-refractivity contribution in [1.82, 2.24) is 15.0 Å². The highest BCUT2D eigenvalue weighted by Crippen LogP contribution is 2.38. The van der Waals surface area contributed by atoms with Crippen LogP contribution in [0.3, 0.4) is 0 Å². The molecule has 0 bridgehead atoms. The monoisotopic (exact) mass is 651 g/mol. The van der Waals surface area contributed by atoms with Crippen molar-refractivity contribution in [2.45, 2.75) is 0 Å². The van der Waals surface area contributed by atoms with E-state index < -0.39 is 0 Å². The fourth-order valence-electron chi connectivity index (χ4n) is 7.19. The average molecular weight is 652 g/mol. The summed E-state index contributed by atoms with van der Waals surface area (Å²) in [4.78, 5) is 15.5. The highest BCUT2D eigenvalue weighted by Gasteiger charge is 2.18. The Morgan fingerprint density at radius 1 is 0.314 bits per heavy atom. The van der Waals surface area contributed by atoms with E-state index in [-0.39, 0.29) is 0 Å². The first-order valence-corrected chi connectivity index (χ1v) is 17.1. The number of para-hydroxylation sites is 1. The lowest BCUT2D eigenvalue weighted by atomic mass is 9.96. The topological polar surface area (TPSA) is 51.8 Å². The molecule has 0 aliphatic heterocycles. The van der Waals surface area contributed by atoms with E-state index in [2.05, 4.69) is 140 Å². The second-order valence-corrected chi connectivity index (χ2v) is 12.8. The van der Waals surface area contributed by atoms with Gasteiger partial charge in [-0.05, 0) is 74.1 Å². The summed E-state index contributed by atoms with van der Waals surface area (Å²) in [6.07, 6.45) is 0. The Bertz CT molecular complexity index is 2910. The third-order valence-electron chi connectivity index (χ3n) is 9.71. The van der Waals surface area contributed by atoms with Gasteiger partial charge in [-0.1, -0.05) is 146 Å². The SMILES string of the molecule is c1ccc(-c2cccc(-c3nc(-c4ccc5ccc6cc(-c7ccccc7)ccc6c5c4)nc(-c4cccc5oc6ccccc6c45)n3)c2)cc1. The van der Waals surface area contributed by atoms with Crippen molar-refractivity contribution in [3.05, 3.63) is 176 Å². The van der Waals surface area contributed by atoms with E-state index in [1.807, 2.05) is 36.4 Å². The lowest BCUT2D eigenvalue weighted by molar-refractivity contribution is 0.669. The molecule has 0 spiro atoms. The molecule has 2 aromatic heterocycles. The zero-order valence-electron chi connectivity index (χ0n) is 27.5. The summed E-state index contributed by atoms with van der Waals surface area (Å²) in [5.74, 6) is 1.83. The van der Waals surface area contributed by atoms with E-state index in [1.54, 1.807) is 0 Å². The second kappa shape index (κ2) is 11.9. The molecule has 4 heteroatoms. The molecule has 0 fully saturated rings. The van der Waals surface area contributed by atoms with Crippen molar-refractivity contribution in [2.24, 2.45) is 0 Å². The van der Waals surface area contributed by atoms with E-state index in [0.29, 0.717) is 17.5 Å². The molecule has 238 valence electrons. The van der Waals surface area contributed by atoms with Crippen LogP contribution >= 0.6 is 0 Å². The molecule has 0 radical (unpaired) electrons. The largest absolute Gasteiger partial charge is 0.456 e. The highest BCUT2D eigenvalue weighted by atomic mass is 16.3. The molecule has 51 heavy (non-hydrogen) atoms. The Labute approximate surface area is 294 Å². The van der Waals surface area contributed by atoms with Gasteiger partial charge in [-0.3, -0.25) is 0 Å². The number of nitrogens with zero attached hydrogens (tertiary/aromatic N) is 3. The van der Waals surface area contributed by atoms with Crippen LogP contribution in [0, 0.1) is 0 Å². The Hall–Kier alpha value is -6.91. The molecular formula is C47H29N3O. The predicted molar refractivity (Wildman–Crippen MR) is 209 cm³/mol. The van der Waals surface area contributed by atoms with Gasteiger partial charge in [0.25, 0.3) is 0 Å². The molecule has 0 saturated carbocycles. The van der Waals surface area contributed by atoms with Crippen LogP contribution in [0.5, 0.6) is 0 Å². The second-order valence-electron chi connectivity index (χ2n) is 12.8. The lowest BCUT2D eigenvalue weighted by Gasteiger charge is -2.12. The first-order chi connectivity index (χ1) is 25.2. The van der Waals surface area contributed by atoms with Crippen molar-refractivity contribution >= 4 is 43.5 Å². The van der Waals surface area contributed by atoms with Gasteiger partial charge in [0, 0.05) is 27.5 Å². The number of hydrogen-bond acceptors (Lipinski definition) is 4. The first kappa shape index (κ1) is 29.0. The number of rotatable bonds is 5. The lowest BCUT2D eigenvalue weighted by Crippen LogP contribution is -2.00. The van der Waals surface area contributed by atoms with Gasteiger partial charge in [0.15, 0.2) is 17.5 Å². The Morgan fingerprint density at radius 3 is 1.69 bits per heavy atom. The number of furan rings is 1. The third kappa shape index (κ3) is 5.13. The Kier molecular flexibility index (Phi) is 6.78. The molecule has 10 aromatic rings. The van der Waals surface area contributed by atoms with E-state index in [0.717, 1.165) is 55.1 Å². The summed E-state index contributed by atoms with van der Waals surface area (Å²) in [6, 6.07) is 61.1. The summed E-state index contributed by atoms with van der Waals surface area (Å²) in [5.41, 5.74) is 9.03. The van der Waals surface area contributed by atoms with Crippen LogP contribution in [-0.2, 0) is 0 Å². The third-order valence-corrected chi connectivity index (χ3v) is 9.71. The van der Waals surface area contributed by atoms with Gasteiger partial charge in [-0.2, -0.15) is 0 Å². The summed E-state index contributed by atoms with van der Waals surface area (Å²) in [5, 5.41) is 6.72. The fourth-order valence-corrected chi connectivity index (χ4v) is 7.19. The molecule has 10 rings (SSSR count). The standard InChI is InChI=1S/C47H29N3O/c1-3-11-30(12-4-1)33-15-9-16-36(28-33)45-48-46(50-47(49-45)40-18-10-20-43-44(40)39-17-7-8-19-42(39)51-43)37-24-22-32-21-23-35-27-34(31-13-5-2-6-14-31)25-26-38(35)41(32)29-37/h1-29H. The zero-order valence-corrected chi connectivity index (χ0v) is 27.5. The molecule has 4 nitrogen and oxygen atoms in total. The molecule has 0 amide bonds. The number of aromatic nitrogens is 3. The van der Waals surface area contributed by atoms with Crippen LogP contribution in [0.1, 0.15) is 0 Å². The molecule has 8 aromatic carbocycles. The summed E-state index contributed by atoms with van der Waals surface area (Å²) in [7, 11) is 0. The number of benzene rings is 8. The van der Waals surface area contributed by atoms with E-state index in [9.17, 15) is 0 Å². The van der Waals surface area contributed by atoms with Crippen molar-refractivity contribution in [3.63, 3.8) is 0 Å². The van der Waals surface area contributed by atoms with Crippen LogP contribution in [0.15, 0.2) is 180 Å². The summed E-state index contributed by atoms with van der Waals surface area (Å²) < 4.78 is 6.26. The Balaban J connectivity index is 1.18. The van der Waals surface area contributed by atoms with Crippen LogP contribution in [0.2, 0.25) is 0 Å². The normalized spacial score (nSPS) is 11.5. The molecule has 0 saturated heterocycles. The minimum atomic E-state index is 0.600. The van der Waals surface area contributed by atoms with Crippen LogP contribution < -0.4 is 0 Å². The molecule has 2 heterocycles. The molecular weight excluding hydrogens is 623 g/mol. The van der Waals surface area contributed by atoms with Crippen LogP contribution in [0.4, 0.5) is 0 Å². The summed E-state index contributed by atoms with van der Waals surface area (Å²) in [6.45, 7) is 0. The van der Waals surface area contributed by atoms with Gasteiger partial charge >= 0.3 is 0 Å². The van der Waals surface area contributed by atoms with Gasteiger partial charge in [0.05, 0.1) is 0 Å². The smallest absolute Gasteiger partial charge is 0.164 e. The van der Waals surface area contributed by atoms with Crippen molar-refractivity contribution in [1.29, 1.82) is 0 Å². The number of hydrogen-bond donors (Lipinski definition) is 0. The zero-order chi connectivity index (χ0) is 33.7. The van der Waals surface area contributed by atoms with E-state index in [4.69, 9.17) is 19.4 Å². The Morgan fingerprint density at radius 2 is 0.882 bits per heavy atom.